The minimum Gasteiger partial charge on any atom is -0.496 e. The third kappa shape index (κ3) is 3.26. The molecule has 1 N–H and O–H groups in total. The molecule has 0 amide bonds. The van der Waals surface area contributed by atoms with Gasteiger partial charge in [0.25, 0.3) is 5.72 Å². The molecule has 1 aromatic rings. The smallest absolute Gasteiger partial charge is 0.362 e. The predicted molar refractivity (Wildman–Crippen MR) is 80.0 cm³/mol. The molecule has 1 heterocycles. The zero-order chi connectivity index (χ0) is 17.0. The average molecular weight is 322 g/mol. The molecule has 0 bridgehead atoms. The molecule has 1 unspecified atom stereocenters. The molecule has 8 heteroatoms. The molecule has 0 aromatic heterocycles. The van der Waals surface area contributed by atoms with Crippen molar-refractivity contribution in [2.45, 2.75) is 19.1 Å². The van der Waals surface area contributed by atoms with Crippen LogP contribution in [0.3, 0.4) is 0 Å². The first-order valence-electron chi connectivity index (χ1n) is 6.98. The van der Waals surface area contributed by atoms with Crippen LogP contribution in [0.5, 0.6) is 5.75 Å². The van der Waals surface area contributed by atoms with Gasteiger partial charge >= 0.3 is 11.9 Å². The highest BCUT2D eigenvalue weighted by Gasteiger charge is 2.50. The molecule has 2 rings (SSSR count). The number of rotatable bonds is 6. The van der Waals surface area contributed by atoms with Gasteiger partial charge in [-0.3, -0.25) is 4.79 Å². The van der Waals surface area contributed by atoms with Crippen molar-refractivity contribution in [3.63, 3.8) is 0 Å². The largest absolute Gasteiger partial charge is 0.496 e. The lowest BCUT2D eigenvalue weighted by Crippen LogP contribution is -2.41. The maximum absolute atomic E-state index is 11.7. The molecule has 0 fully saturated rings. The number of carbonyl (C=O) groups excluding carboxylic acids is 1. The summed E-state index contributed by atoms with van der Waals surface area (Å²) in [4.78, 5) is 32.9. The van der Waals surface area contributed by atoms with Crippen molar-refractivity contribution in [1.29, 1.82) is 0 Å². The number of esters is 1. The first-order chi connectivity index (χ1) is 10.9. The minimum absolute atomic E-state index is 0.146. The van der Waals surface area contributed by atoms with Gasteiger partial charge in [0.05, 0.1) is 19.3 Å². The summed E-state index contributed by atoms with van der Waals surface area (Å²) in [6.07, 6.45) is -0.529. The van der Waals surface area contributed by atoms with E-state index in [0.29, 0.717) is 11.3 Å². The molecule has 1 aliphatic heterocycles. The zero-order valence-electron chi connectivity index (χ0n) is 13.1. The molecular formula is C15H18N2O6. The lowest BCUT2D eigenvalue weighted by molar-refractivity contribution is -0.203. The number of para-hydroxylation sites is 1. The van der Waals surface area contributed by atoms with Crippen LogP contribution in [0.2, 0.25) is 0 Å². The van der Waals surface area contributed by atoms with Gasteiger partial charge in [-0.1, -0.05) is 12.1 Å². The lowest BCUT2D eigenvalue weighted by atomic mass is 10.1. The van der Waals surface area contributed by atoms with Gasteiger partial charge in [0.1, 0.15) is 12.2 Å². The third-order valence-electron chi connectivity index (χ3n) is 3.24. The van der Waals surface area contributed by atoms with E-state index >= 15 is 0 Å². The summed E-state index contributed by atoms with van der Waals surface area (Å²) < 4.78 is 10.1. The second-order valence-electron chi connectivity index (χ2n) is 4.80. The molecule has 0 saturated heterocycles. The van der Waals surface area contributed by atoms with Crippen LogP contribution < -0.4 is 4.74 Å². The number of aliphatic imine (C=N–C) groups is 1. The van der Waals surface area contributed by atoms with Crippen molar-refractivity contribution in [3.05, 3.63) is 29.8 Å². The Labute approximate surface area is 133 Å². The highest BCUT2D eigenvalue weighted by atomic mass is 16.7. The number of carbonyl (C=O) groups is 2. The van der Waals surface area contributed by atoms with E-state index in [1.54, 1.807) is 31.2 Å². The van der Waals surface area contributed by atoms with Gasteiger partial charge in [0.2, 0.25) is 0 Å². The van der Waals surface area contributed by atoms with Crippen LogP contribution in [0.25, 0.3) is 0 Å². The molecule has 0 aliphatic carbocycles. The number of hydrogen-bond donors (Lipinski definition) is 1. The first kappa shape index (κ1) is 16.8. The maximum atomic E-state index is 11.7. The number of amidine groups is 1. The molecule has 1 aromatic carbocycles. The van der Waals surface area contributed by atoms with Gasteiger partial charge in [-0.15, -0.1) is 0 Å². The molecule has 0 radical (unpaired) electrons. The van der Waals surface area contributed by atoms with Crippen molar-refractivity contribution < 1.29 is 29.0 Å². The predicted octanol–water partition coefficient (Wildman–Crippen LogP) is 1.05. The summed E-state index contributed by atoms with van der Waals surface area (Å²) in [5, 5.41) is 10.7. The van der Waals surface area contributed by atoms with Gasteiger partial charge in [0, 0.05) is 7.05 Å². The number of ether oxygens (including phenoxy) is 2. The van der Waals surface area contributed by atoms with E-state index in [1.165, 1.54) is 19.2 Å². The quantitative estimate of drug-likeness (QED) is 0.782. The van der Waals surface area contributed by atoms with Crippen molar-refractivity contribution >= 4 is 17.8 Å². The average Bonchev–Trinajstić information content (AvgIpc) is 2.85. The van der Waals surface area contributed by atoms with Crippen molar-refractivity contribution in [2.24, 2.45) is 4.99 Å². The van der Waals surface area contributed by atoms with Crippen LogP contribution in [0, 0.1) is 0 Å². The number of aliphatic carboxylic acids is 1. The normalized spacial score (nSPS) is 20.1. The molecule has 23 heavy (non-hydrogen) atoms. The van der Waals surface area contributed by atoms with Gasteiger partial charge < -0.3 is 14.6 Å². The van der Waals surface area contributed by atoms with Crippen LogP contribution in [0.15, 0.2) is 29.3 Å². The van der Waals surface area contributed by atoms with Crippen LogP contribution in [-0.4, -0.2) is 54.4 Å². The third-order valence-corrected chi connectivity index (χ3v) is 3.24. The van der Waals surface area contributed by atoms with E-state index in [0.717, 1.165) is 0 Å². The van der Waals surface area contributed by atoms with Crippen LogP contribution in [0.4, 0.5) is 0 Å². The Morgan fingerprint density at radius 2 is 2.09 bits per heavy atom. The standard InChI is InChI=1S/C15H18N2O6/c1-4-22-12(18)9-15(14(19)20)16-13(17(2)23-15)10-7-5-6-8-11(10)21-3/h5-8H,4,9H2,1-3H3,(H,19,20). The molecule has 0 saturated carbocycles. The molecule has 0 spiro atoms. The number of hydroxylamine groups is 2. The SMILES string of the molecule is CCOC(=O)CC1(C(=O)O)N=C(c2ccccc2OC)N(C)O1. The highest BCUT2D eigenvalue weighted by molar-refractivity contribution is 6.03. The Kier molecular flexibility index (Phi) is 4.85. The Morgan fingerprint density at radius 3 is 2.70 bits per heavy atom. The minimum atomic E-state index is -2.04. The van der Waals surface area contributed by atoms with E-state index in [2.05, 4.69) is 4.99 Å². The summed E-state index contributed by atoms with van der Waals surface area (Å²) in [5.41, 5.74) is -1.48. The lowest BCUT2D eigenvalue weighted by Gasteiger charge is -2.21. The fourth-order valence-corrected chi connectivity index (χ4v) is 2.23. The van der Waals surface area contributed by atoms with Crippen molar-refractivity contribution in [1.82, 2.24) is 5.06 Å². The number of carboxylic acid groups (broad SMARTS) is 1. The van der Waals surface area contributed by atoms with E-state index in [1.807, 2.05) is 0 Å². The van der Waals surface area contributed by atoms with E-state index in [4.69, 9.17) is 14.3 Å². The fraction of sp³-hybridized carbons (Fsp3) is 0.400. The van der Waals surface area contributed by atoms with E-state index in [-0.39, 0.29) is 12.4 Å². The van der Waals surface area contributed by atoms with Crippen molar-refractivity contribution in [3.8, 4) is 5.75 Å². The Morgan fingerprint density at radius 1 is 1.39 bits per heavy atom. The number of hydrogen-bond acceptors (Lipinski definition) is 7. The molecule has 1 aliphatic rings. The second-order valence-corrected chi connectivity index (χ2v) is 4.80. The van der Waals surface area contributed by atoms with E-state index < -0.39 is 24.1 Å². The summed E-state index contributed by atoms with van der Waals surface area (Å²) in [6, 6.07) is 6.99. The van der Waals surface area contributed by atoms with Gasteiger partial charge in [0.15, 0.2) is 5.84 Å². The maximum Gasteiger partial charge on any atom is 0.362 e. The highest BCUT2D eigenvalue weighted by Crippen LogP contribution is 2.31. The van der Waals surface area contributed by atoms with Crippen LogP contribution in [-0.2, 0) is 19.2 Å². The summed E-state index contributed by atoms with van der Waals surface area (Å²) >= 11 is 0. The Bertz CT molecular complexity index is 645. The Balaban J connectivity index is 2.42. The van der Waals surface area contributed by atoms with Gasteiger partial charge in [-0.05, 0) is 19.1 Å². The van der Waals surface area contributed by atoms with Crippen molar-refractivity contribution in [2.75, 3.05) is 20.8 Å². The molecule has 8 nitrogen and oxygen atoms in total. The first-order valence-corrected chi connectivity index (χ1v) is 6.98. The summed E-state index contributed by atoms with van der Waals surface area (Å²) in [6.45, 7) is 1.78. The van der Waals surface area contributed by atoms with Gasteiger partial charge in [-0.2, -0.15) is 0 Å². The Hall–Kier alpha value is -2.61. The number of benzene rings is 1. The van der Waals surface area contributed by atoms with E-state index in [9.17, 15) is 14.7 Å². The zero-order valence-corrected chi connectivity index (χ0v) is 13.1. The molecule has 124 valence electrons. The molecular weight excluding hydrogens is 304 g/mol. The fourth-order valence-electron chi connectivity index (χ4n) is 2.23. The summed E-state index contributed by atoms with van der Waals surface area (Å²) in [7, 11) is 3.01. The number of methoxy groups -OCH3 is 1. The monoisotopic (exact) mass is 322 g/mol. The summed E-state index contributed by atoms with van der Waals surface area (Å²) in [5.74, 6) is -1.30. The number of nitrogens with zero attached hydrogens (tertiary/aromatic N) is 2. The topological polar surface area (TPSA) is 97.7 Å². The van der Waals surface area contributed by atoms with Crippen LogP contribution >= 0.6 is 0 Å². The molecule has 1 atom stereocenters. The number of carboxylic acids is 1. The van der Waals surface area contributed by atoms with Crippen LogP contribution in [0.1, 0.15) is 18.9 Å². The second kappa shape index (κ2) is 6.66. The van der Waals surface area contributed by atoms with Gasteiger partial charge in [-0.25, -0.2) is 19.7 Å².